The third kappa shape index (κ3) is 4.15. The highest BCUT2D eigenvalue weighted by Gasteiger charge is 2.29. The van der Waals surface area contributed by atoms with Gasteiger partial charge < -0.3 is 10.2 Å². The van der Waals surface area contributed by atoms with E-state index in [-0.39, 0.29) is 17.7 Å². The molecule has 26 heavy (non-hydrogen) atoms. The summed E-state index contributed by atoms with van der Waals surface area (Å²) in [4.78, 5) is 31.6. The average molecular weight is 390 g/mol. The molecule has 138 valence electrons. The molecule has 2 aromatic heterocycles. The van der Waals surface area contributed by atoms with Crippen LogP contribution in [0.25, 0.3) is 0 Å². The number of piperidine rings is 1. The molecule has 0 radical (unpaired) electrons. The van der Waals surface area contributed by atoms with Crippen LogP contribution in [0.2, 0.25) is 0 Å². The van der Waals surface area contributed by atoms with Crippen LogP contribution < -0.4 is 5.32 Å². The number of amides is 2. The van der Waals surface area contributed by atoms with Gasteiger partial charge in [0.15, 0.2) is 0 Å². The number of hydrogen-bond donors (Lipinski definition) is 1. The number of hydrogen-bond acceptors (Lipinski definition) is 5. The molecular weight excluding hydrogens is 366 g/mol. The topological polar surface area (TPSA) is 62.3 Å². The van der Waals surface area contributed by atoms with Crippen LogP contribution in [0.4, 0.5) is 0 Å². The normalized spacial score (nSPS) is 18.1. The molecule has 0 unspecified atom stereocenters. The second-order valence-electron chi connectivity index (χ2n) is 7.04. The summed E-state index contributed by atoms with van der Waals surface area (Å²) >= 11 is 3.22. The molecule has 0 spiro atoms. The average Bonchev–Trinajstić information content (AvgIpc) is 3.18. The number of carbonyl (C=O) groups excluding carboxylic acids is 2. The molecule has 2 aliphatic rings. The summed E-state index contributed by atoms with van der Waals surface area (Å²) in [5, 5.41) is 8.24. The minimum absolute atomic E-state index is 0.157. The largest absolute Gasteiger partial charge is 0.355 e. The zero-order chi connectivity index (χ0) is 17.9. The third-order valence-electron chi connectivity index (χ3n) is 5.06. The van der Waals surface area contributed by atoms with Crippen LogP contribution in [0, 0.1) is 5.92 Å². The predicted molar refractivity (Wildman–Crippen MR) is 104 cm³/mol. The summed E-state index contributed by atoms with van der Waals surface area (Å²) in [6.45, 7) is 2.27. The van der Waals surface area contributed by atoms with Crippen LogP contribution in [-0.4, -0.2) is 41.3 Å². The highest BCUT2D eigenvalue weighted by Crippen LogP contribution is 2.31. The summed E-state index contributed by atoms with van der Waals surface area (Å²) in [5.74, 6) is 1.07. The van der Waals surface area contributed by atoms with Gasteiger partial charge in [-0.25, -0.2) is 4.98 Å². The number of nitrogens with zero attached hydrogens (tertiary/aromatic N) is 2. The van der Waals surface area contributed by atoms with Gasteiger partial charge in [0.05, 0.1) is 15.6 Å². The van der Waals surface area contributed by atoms with E-state index in [1.165, 1.54) is 16.3 Å². The number of rotatable bonds is 6. The van der Waals surface area contributed by atoms with Crippen LogP contribution in [0.3, 0.4) is 0 Å². The van der Waals surface area contributed by atoms with Crippen molar-refractivity contribution in [3.8, 4) is 0 Å². The molecule has 1 N–H and O–H groups in total. The minimum Gasteiger partial charge on any atom is -0.355 e. The molecule has 2 amide bonds. The lowest BCUT2D eigenvalue weighted by molar-refractivity contribution is -0.122. The van der Waals surface area contributed by atoms with Gasteiger partial charge in [-0.05, 0) is 37.1 Å². The smallest absolute Gasteiger partial charge is 0.263 e. The summed E-state index contributed by atoms with van der Waals surface area (Å²) in [5.41, 5.74) is 1.07. The molecule has 0 atom stereocenters. The van der Waals surface area contributed by atoms with Crippen molar-refractivity contribution in [2.45, 2.75) is 38.0 Å². The Labute approximate surface area is 161 Å². The van der Waals surface area contributed by atoms with Gasteiger partial charge in [-0.3, -0.25) is 9.59 Å². The predicted octanol–water partition coefficient (Wildman–Crippen LogP) is 3.29. The zero-order valence-corrected chi connectivity index (χ0v) is 16.3. The van der Waals surface area contributed by atoms with Crippen LogP contribution in [0.5, 0.6) is 0 Å². The monoisotopic (exact) mass is 389 g/mol. The first-order chi connectivity index (χ1) is 12.7. The molecule has 1 aliphatic heterocycles. The van der Waals surface area contributed by atoms with Gasteiger partial charge in [0.25, 0.3) is 5.91 Å². The van der Waals surface area contributed by atoms with Crippen LogP contribution >= 0.6 is 22.7 Å². The van der Waals surface area contributed by atoms with Gasteiger partial charge in [-0.2, -0.15) is 0 Å². The van der Waals surface area contributed by atoms with Gasteiger partial charge >= 0.3 is 0 Å². The molecular formula is C19H23N3O2S2. The maximum atomic E-state index is 12.4. The number of nitrogens with one attached hydrogen (secondary N) is 1. The molecule has 1 saturated carbocycles. The second kappa shape index (κ2) is 7.88. The molecule has 1 aliphatic carbocycles. The highest BCUT2D eigenvalue weighted by atomic mass is 32.1. The first-order valence-corrected chi connectivity index (χ1v) is 11.0. The Bertz CT molecular complexity index is 760. The Morgan fingerprint density at radius 1 is 1.19 bits per heavy atom. The standard InChI is InChI=1S/C19H23N3O2S2/c23-17(13-3-4-13)20-8-5-15-12-26-18(21-15)14-6-9-22(10-7-14)19(24)16-2-1-11-25-16/h1-2,11-14H,3-10H2,(H,20,23). The highest BCUT2D eigenvalue weighted by molar-refractivity contribution is 7.12. The number of likely N-dealkylation sites (tertiary alicyclic amines) is 1. The van der Waals surface area contributed by atoms with Crippen LogP contribution in [-0.2, 0) is 11.2 Å². The van der Waals surface area contributed by atoms with E-state index >= 15 is 0 Å². The first-order valence-electron chi connectivity index (χ1n) is 9.25. The summed E-state index contributed by atoms with van der Waals surface area (Å²) in [6.07, 6.45) is 4.83. The van der Waals surface area contributed by atoms with Gasteiger partial charge in [0.2, 0.25) is 5.91 Å². The van der Waals surface area contributed by atoms with Gasteiger partial charge in [-0.1, -0.05) is 6.07 Å². The first kappa shape index (κ1) is 17.7. The van der Waals surface area contributed by atoms with Crippen LogP contribution in [0.1, 0.15) is 52.0 Å². The molecule has 5 nitrogen and oxygen atoms in total. The maximum Gasteiger partial charge on any atom is 0.263 e. The fraction of sp³-hybridized carbons (Fsp3) is 0.526. The van der Waals surface area contributed by atoms with Crippen molar-refractivity contribution in [2.75, 3.05) is 19.6 Å². The van der Waals surface area contributed by atoms with Crippen molar-refractivity contribution in [3.05, 3.63) is 38.5 Å². The van der Waals surface area contributed by atoms with E-state index in [4.69, 9.17) is 4.98 Å². The molecule has 1 saturated heterocycles. The van der Waals surface area contributed by atoms with E-state index in [1.54, 1.807) is 11.3 Å². The number of aromatic nitrogens is 1. The number of carbonyl (C=O) groups is 2. The fourth-order valence-corrected chi connectivity index (χ4v) is 5.03. The lowest BCUT2D eigenvalue weighted by atomic mass is 9.97. The summed E-state index contributed by atoms with van der Waals surface area (Å²) < 4.78 is 0. The Kier molecular flexibility index (Phi) is 5.36. The molecule has 7 heteroatoms. The lowest BCUT2D eigenvalue weighted by Gasteiger charge is -2.30. The molecule has 4 rings (SSSR count). The van der Waals surface area contributed by atoms with Crippen molar-refractivity contribution < 1.29 is 9.59 Å². The minimum atomic E-state index is 0.157. The molecule has 0 bridgehead atoms. The zero-order valence-electron chi connectivity index (χ0n) is 14.6. The Balaban J connectivity index is 1.25. The molecule has 3 heterocycles. The summed E-state index contributed by atoms with van der Waals surface area (Å²) in [7, 11) is 0. The Hall–Kier alpha value is -1.73. The SMILES string of the molecule is O=C(NCCc1csc(C2CCN(C(=O)c3cccs3)CC2)n1)C1CC1. The van der Waals surface area contributed by atoms with Crippen molar-refractivity contribution in [2.24, 2.45) is 5.92 Å². The number of thiazole rings is 1. The molecule has 2 aromatic rings. The van der Waals surface area contributed by atoms with E-state index in [9.17, 15) is 9.59 Å². The van der Waals surface area contributed by atoms with Crippen molar-refractivity contribution in [1.29, 1.82) is 0 Å². The second-order valence-corrected chi connectivity index (χ2v) is 8.87. The van der Waals surface area contributed by atoms with Gasteiger partial charge in [-0.15, -0.1) is 22.7 Å². The van der Waals surface area contributed by atoms with E-state index in [0.717, 1.165) is 55.8 Å². The fourth-order valence-electron chi connectivity index (χ4n) is 3.31. The van der Waals surface area contributed by atoms with E-state index in [1.807, 2.05) is 22.4 Å². The van der Waals surface area contributed by atoms with E-state index in [0.29, 0.717) is 12.5 Å². The van der Waals surface area contributed by atoms with Crippen molar-refractivity contribution in [3.63, 3.8) is 0 Å². The van der Waals surface area contributed by atoms with E-state index in [2.05, 4.69) is 10.7 Å². The van der Waals surface area contributed by atoms with E-state index < -0.39 is 0 Å². The summed E-state index contributed by atoms with van der Waals surface area (Å²) in [6, 6.07) is 3.82. The van der Waals surface area contributed by atoms with Gasteiger partial charge in [0.1, 0.15) is 0 Å². The third-order valence-corrected chi connectivity index (χ3v) is 6.98. The Morgan fingerprint density at radius 3 is 2.69 bits per heavy atom. The van der Waals surface area contributed by atoms with Gasteiger partial charge in [0, 0.05) is 43.3 Å². The van der Waals surface area contributed by atoms with Crippen LogP contribution in [0.15, 0.2) is 22.9 Å². The Morgan fingerprint density at radius 2 is 2.00 bits per heavy atom. The quantitative estimate of drug-likeness (QED) is 0.825. The molecule has 2 fully saturated rings. The number of thiophene rings is 1. The lowest BCUT2D eigenvalue weighted by Crippen LogP contribution is -2.37. The van der Waals surface area contributed by atoms with Crippen molar-refractivity contribution in [1.82, 2.24) is 15.2 Å². The molecule has 0 aromatic carbocycles. The van der Waals surface area contributed by atoms with Crippen molar-refractivity contribution >= 4 is 34.5 Å². The maximum absolute atomic E-state index is 12.4.